The van der Waals surface area contributed by atoms with Crippen LogP contribution in [0.1, 0.15) is 64.2 Å². The van der Waals surface area contributed by atoms with Crippen LogP contribution in [-0.4, -0.2) is 36.5 Å². The molecule has 3 nitrogen and oxygen atoms in total. The van der Waals surface area contributed by atoms with E-state index in [0.717, 1.165) is 25.9 Å². The summed E-state index contributed by atoms with van der Waals surface area (Å²) in [6.07, 6.45) is 12.9. The van der Waals surface area contributed by atoms with Crippen molar-refractivity contribution < 1.29 is 9.84 Å². The van der Waals surface area contributed by atoms with Crippen LogP contribution in [0.2, 0.25) is 0 Å². The third-order valence-electron chi connectivity index (χ3n) is 5.66. The quantitative estimate of drug-likeness (QED) is 0.826. The van der Waals surface area contributed by atoms with E-state index in [2.05, 4.69) is 5.32 Å². The number of hydrogen-bond donors (Lipinski definition) is 2. The Morgan fingerprint density at radius 3 is 2.58 bits per heavy atom. The summed E-state index contributed by atoms with van der Waals surface area (Å²) < 4.78 is 6.48. The molecule has 3 rings (SSSR count). The summed E-state index contributed by atoms with van der Waals surface area (Å²) in [6, 6.07) is 0. The van der Waals surface area contributed by atoms with Crippen molar-refractivity contribution in [2.24, 2.45) is 5.41 Å². The van der Waals surface area contributed by atoms with Crippen molar-refractivity contribution in [1.82, 2.24) is 5.32 Å². The third-order valence-corrected chi connectivity index (χ3v) is 5.66. The number of hydrogen-bond acceptors (Lipinski definition) is 3. The first-order valence-electron chi connectivity index (χ1n) is 8.25. The van der Waals surface area contributed by atoms with E-state index in [1.807, 2.05) is 0 Å². The predicted molar refractivity (Wildman–Crippen MR) is 76.2 cm³/mol. The van der Waals surface area contributed by atoms with Gasteiger partial charge in [0.15, 0.2) is 0 Å². The molecule has 2 N–H and O–H groups in total. The Kier molecular flexibility index (Phi) is 4.16. The highest BCUT2D eigenvalue weighted by Gasteiger charge is 2.44. The molecule has 2 aliphatic heterocycles. The largest absolute Gasteiger partial charge is 0.396 e. The topological polar surface area (TPSA) is 41.5 Å². The molecule has 3 fully saturated rings. The average Bonchev–Trinajstić information content (AvgIpc) is 2.83. The lowest BCUT2D eigenvalue weighted by Gasteiger charge is -2.39. The number of aliphatic hydroxyl groups excluding tert-OH is 1. The van der Waals surface area contributed by atoms with E-state index in [9.17, 15) is 5.11 Å². The highest BCUT2D eigenvalue weighted by Crippen LogP contribution is 2.45. The zero-order valence-corrected chi connectivity index (χ0v) is 12.1. The highest BCUT2D eigenvalue weighted by atomic mass is 16.5. The van der Waals surface area contributed by atoms with Crippen LogP contribution in [-0.2, 0) is 4.74 Å². The van der Waals surface area contributed by atoms with Crippen molar-refractivity contribution in [2.75, 3.05) is 19.7 Å². The normalized spacial score (nSPS) is 38.7. The van der Waals surface area contributed by atoms with Crippen LogP contribution in [0.25, 0.3) is 0 Å². The summed E-state index contributed by atoms with van der Waals surface area (Å²) in [5.74, 6) is 0. The fourth-order valence-corrected chi connectivity index (χ4v) is 4.49. The van der Waals surface area contributed by atoms with Gasteiger partial charge in [0.05, 0.1) is 18.3 Å². The summed E-state index contributed by atoms with van der Waals surface area (Å²) in [6.45, 7) is 2.39. The van der Waals surface area contributed by atoms with E-state index >= 15 is 0 Å². The van der Waals surface area contributed by atoms with Gasteiger partial charge in [0.1, 0.15) is 0 Å². The van der Waals surface area contributed by atoms with Gasteiger partial charge >= 0.3 is 0 Å². The van der Waals surface area contributed by atoms with Crippen molar-refractivity contribution >= 4 is 0 Å². The van der Waals surface area contributed by atoms with Crippen molar-refractivity contribution in [3.63, 3.8) is 0 Å². The van der Waals surface area contributed by atoms with Gasteiger partial charge in [0, 0.05) is 12.0 Å². The predicted octanol–water partition coefficient (Wildman–Crippen LogP) is 2.62. The summed E-state index contributed by atoms with van der Waals surface area (Å²) in [5.41, 5.74) is 0.310. The monoisotopic (exact) mass is 267 g/mol. The van der Waals surface area contributed by atoms with E-state index in [4.69, 9.17) is 4.74 Å². The fourth-order valence-electron chi connectivity index (χ4n) is 4.49. The second kappa shape index (κ2) is 5.71. The number of piperidine rings is 1. The lowest BCUT2D eigenvalue weighted by Crippen LogP contribution is -2.45. The molecule has 1 saturated carbocycles. The Hall–Kier alpha value is -0.120. The van der Waals surface area contributed by atoms with Crippen LogP contribution in [0.3, 0.4) is 0 Å². The Morgan fingerprint density at radius 2 is 1.89 bits per heavy atom. The van der Waals surface area contributed by atoms with Crippen LogP contribution < -0.4 is 5.32 Å². The summed E-state index contributed by atoms with van der Waals surface area (Å²) in [7, 11) is 0. The lowest BCUT2D eigenvalue weighted by atomic mass is 9.76. The Balaban J connectivity index is 1.58. The number of rotatable bonds is 3. The minimum Gasteiger partial charge on any atom is -0.396 e. The molecular formula is C16H29NO2. The van der Waals surface area contributed by atoms with Gasteiger partial charge in [-0.25, -0.2) is 0 Å². The van der Waals surface area contributed by atoms with Gasteiger partial charge < -0.3 is 15.2 Å². The van der Waals surface area contributed by atoms with Crippen molar-refractivity contribution in [1.29, 1.82) is 0 Å². The Bertz CT molecular complexity index is 293. The third kappa shape index (κ3) is 2.98. The first kappa shape index (κ1) is 13.8. The Morgan fingerprint density at radius 1 is 1.05 bits per heavy atom. The minimum atomic E-state index is 0.0864. The molecule has 19 heavy (non-hydrogen) atoms. The van der Waals surface area contributed by atoms with E-state index in [-0.39, 0.29) is 11.0 Å². The second-order valence-electron chi connectivity index (χ2n) is 7.16. The Labute approximate surface area is 117 Å². The molecule has 110 valence electrons. The van der Waals surface area contributed by atoms with Crippen molar-refractivity contribution in [3.8, 4) is 0 Å². The van der Waals surface area contributed by atoms with Crippen molar-refractivity contribution in [2.45, 2.75) is 75.9 Å². The van der Waals surface area contributed by atoms with Crippen LogP contribution in [0, 0.1) is 5.41 Å². The molecule has 0 radical (unpaired) electrons. The molecule has 2 saturated heterocycles. The summed E-state index contributed by atoms with van der Waals surface area (Å²) in [5, 5.41) is 13.3. The van der Waals surface area contributed by atoms with E-state index < -0.39 is 0 Å². The molecule has 0 amide bonds. The molecule has 0 aromatic rings. The molecule has 0 aromatic carbocycles. The molecule has 2 heterocycles. The average molecular weight is 267 g/mol. The standard InChI is InChI=1S/C16H29NO2/c18-13-15(6-4-10-17-12-15)11-14-5-9-16(19-14)7-2-1-3-8-16/h14,17-18H,1-13H2. The molecule has 2 atom stereocenters. The zero-order chi connectivity index (χ0) is 13.2. The lowest BCUT2D eigenvalue weighted by molar-refractivity contribution is -0.0838. The van der Waals surface area contributed by atoms with Gasteiger partial charge in [0.2, 0.25) is 0 Å². The SMILES string of the molecule is OCC1(CC2CCC3(CCCCC3)O2)CCCNC1. The summed E-state index contributed by atoms with van der Waals surface area (Å²) in [4.78, 5) is 0. The second-order valence-corrected chi connectivity index (χ2v) is 7.16. The van der Waals surface area contributed by atoms with E-state index in [1.165, 1.54) is 51.4 Å². The number of nitrogens with one attached hydrogen (secondary N) is 1. The van der Waals surface area contributed by atoms with E-state index in [0.29, 0.717) is 12.7 Å². The van der Waals surface area contributed by atoms with Gasteiger partial charge in [-0.1, -0.05) is 19.3 Å². The maximum Gasteiger partial charge on any atom is 0.0687 e. The highest BCUT2D eigenvalue weighted by molar-refractivity contribution is 4.95. The van der Waals surface area contributed by atoms with Gasteiger partial charge in [-0.3, -0.25) is 0 Å². The van der Waals surface area contributed by atoms with Crippen molar-refractivity contribution in [3.05, 3.63) is 0 Å². The van der Waals surface area contributed by atoms with Crippen LogP contribution >= 0.6 is 0 Å². The molecular weight excluding hydrogens is 238 g/mol. The first-order valence-corrected chi connectivity index (χ1v) is 8.25. The smallest absolute Gasteiger partial charge is 0.0687 e. The van der Waals surface area contributed by atoms with Crippen LogP contribution in [0.15, 0.2) is 0 Å². The molecule has 2 unspecified atom stereocenters. The van der Waals surface area contributed by atoms with Gasteiger partial charge in [-0.15, -0.1) is 0 Å². The molecule has 3 heteroatoms. The maximum absolute atomic E-state index is 9.81. The molecule has 3 aliphatic rings. The summed E-state index contributed by atoms with van der Waals surface area (Å²) >= 11 is 0. The van der Waals surface area contributed by atoms with E-state index in [1.54, 1.807) is 0 Å². The minimum absolute atomic E-state index is 0.0864. The molecule has 0 bridgehead atoms. The number of aliphatic hydroxyl groups is 1. The maximum atomic E-state index is 9.81. The zero-order valence-electron chi connectivity index (χ0n) is 12.1. The van der Waals surface area contributed by atoms with Crippen LogP contribution in [0.5, 0.6) is 0 Å². The first-order chi connectivity index (χ1) is 9.26. The van der Waals surface area contributed by atoms with Crippen LogP contribution in [0.4, 0.5) is 0 Å². The number of ether oxygens (including phenoxy) is 1. The molecule has 1 spiro atoms. The van der Waals surface area contributed by atoms with Gasteiger partial charge in [-0.2, -0.15) is 0 Å². The molecule has 0 aromatic heterocycles. The molecule has 1 aliphatic carbocycles. The van der Waals surface area contributed by atoms with Gasteiger partial charge in [-0.05, 0) is 51.5 Å². The fraction of sp³-hybridized carbons (Fsp3) is 1.00. The van der Waals surface area contributed by atoms with Gasteiger partial charge in [0.25, 0.3) is 0 Å².